The molecule has 0 heterocycles. The number of halogens is 2. The van der Waals surface area contributed by atoms with Crippen LogP contribution in [-0.4, -0.2) is 5.78 Å². The van der Waals surface area contributed by atoms with Gasteiger partial charge in [0, 0.05) is 12.8 Å². The minimum Gasteiger partial charge on any atom is -0.300 e. The van der Waals surface area contributed by atoms with Crippen molar-refractivity contribution in [2.75, 3.05) is 0 Å². The first kappa shape index (κ1) is 13.2. The average Bonchev–Trinajstić information content (AvgIpc) is 2.19. The van der Waals surface area contributed by atoms with Crippen LogP contribution >= 0.6 is 11.6 Å². The van der Waals surface area contributed by atoms with Gasteiger partial charge in [-0.05, 0) is 30.0 Å². The smallest absolute Gasteiger partial charge is 0.142 e. The summed E-state index contributed by atoms with van der Waals surface area (Å²) in [6.07, 6.45) is 1.65. The van der Waals surface area contributed by atoms with Gasteiger partial charge in [-0.15, -0.1) is 0 Å². The molecule has 0 N–H and O–H groups in total. The molecule has 0 atom stereocenters. The molecule has 0 bridgehead atoms. The van der Waals surface area contributed by atoms with Crippen LogP contribution in [0.15, 0.2) is 18.2 Å². The molecule has 0 aliphatic heterocycles. The number of hydrogen-bond acceptors (Lipinski definition) is 1. The van der Waals surface area contributed by atoms with Gasteiger partial charge in [-0.25, -0.2) is 4.39 Å². The van der Waals surface area contributed by atoms with E-state index in [1.54, 1.807) is 6.07 Å². The number of rotatable bonds is 5. The van der Waals surface area contributed by atoms with Gasteiger partial charge in [0.1, 0.15) is 11.6 Å². The van der Waals surface area contributed by atoms with E-state index in [9.17, 15) is 9.18 Å². The van der Waals surface area contributed by atoms with Crippen LogP contribution in [0, 0.1) is 11.7 Å². The molecule has 3 heteroatoms. The first-order chi connectivity index (χ1) is 7.49. The van der Waals surface area contributed by atoms with E-state index in [1.807, 2.05) is 13.8 Å². The fourth-order valence-corrected chi connectivity index (χ4v) is 1.65. The van der Waals surface area contributed by atoms with Crippen molar-refractivity contribution in [1.29, 1.82) is 0 Å². The molecule has 1 aromatic rings. The number of carbonyl (C=O) groups excluding carboxylic acids is 1. The van der Waals surface area contributed by atoms with Crippen LogP contribution in [0.1, 0.15) is 32.3 Å². The monoisotopic (exact) mass is 242 g/mol. The number of ketones is 1. The second-order valence-electron chi connectivity index (χ2n) is 4.39. The van der Waals surface area contributed by atoms with E-state index < -0.39 is 5.82 Å². The molecule has 0 unspecified atom stereocenters. The van der Waals surface area contributed by atoms with Crippen molar-refractivity contribution in [2.24, 2.45) is 5.92 Å². The summed E-state index contributed by atoms with van der Waals surface area (Å²) in [6.45, 7) is 4.03. The van der Waals surface area contributed by atoms with Gasteiger partial charge >= 0.3 is 0 Å². The molecule has 88 valence electrons. The van der Waals surface area contributed by atoms with Crippen molar-refractivity contribution in [3.05, 3.63) is 34.6 Å². The number of benzene rings is 1. The van der Waals surface area contributed by atoms with Crippen molar-refractivity contribution < 1.29 is 9.18 Å². The van der Waals surface area contributed by atoms with Crippen LogP contribution in [0.5, 0.6) is 0 Å². The lowest BCUT2D eigenvalue weighted by molar-refractivity contribution is -0.119. The summed E-state index contributed by atoms with van der Waals surface area (Å²) in [5, 5.41) is 0.122. The molecule has 0 saturated heterocycles. The van der Waals surface area contributed by atoms with Gasteiger partial charge in [0.05, 0.1) is 5.02 Å². The van der Waals surface area contributed by atoms with Crippen LogP contribution in [-0.2, 0) is 11.2 Å². The Kier molecular flexibility index (Phi) is 4.94. The predicted molar refractivity (Wildman–Crippen MR) is 64.2 cm³/mol. The summed E-state index contributed by atoms with van der Waals surface area (Å²) in [5.41, 5.74) is 0.819. The third-order valence-electron chi connectivity index (χ3n) is 2.31. The molecule has 0 spiro atoms. The fraction of sp³-hybridized carbons (Fsp3) is 0.462. The van der Waals surface area contributed by atoms with Gasteiger partial charge in [-0.2, -0.15) is 0 Å². The van der Waals surface area contributed by atoms with Crippen molar-refractivity contribution >= 4 is 17.4 Å². The third kappa shape index (κ3) is 4.31. The lowest BCUT2D eigenvalue weighted by Gasteiger charge is -2.04. The Balaban J connectivity index is 2.48. The maximum atomic E-state index is 13.1. The third-order valence-corrected chi connectivity index (χ3v) is 2.62. The lowest BCUT2D eigenvalue weighted by atomic mass is 10.0. The molecule has 1 rings (SSSR count). The first-order valence-electron chi connectivity index (χ1n) is 5.44. The number of Topliss-reactive ketones (excluding diaryl/α,β-unsaturated/α-hetero) is 1. The maximum absolute atomic E-state index is 13.1. The van der Waals surface area contributed by atoms with Crippen molar-refractivity contribution in [3.63, 3.8) is 0 Å². The van der Waals surface area contributed by atoms with E-state index >= 15 is 0 Å². The molecule has 0 radical (unpaired) electrons. The summed E-state index contributed by atoms with van der Waals surface area (Å²) in [5.74, 6) is 0.190. The van der Waals surface area contributed by atoms with Crippen LogP contribution in [0.4, 0.5) is 4.39 Å². The zero-order valence-electron chi connectivity index (χ0n) is 9.59. The Hall–Kier alpha value is -0.890. The van der Waals surface area contributed by atoms with Gasteiger partial charge in [0.25, 0.3) is 0 Å². The molecule has 0 amide bonds. The van der Waals surface area contributed by atoms with Crippen molar-refractivity contribution in [1.82, 2.24) is 0 Å². The van der Waals surface area contributed by atoms with Gasteiger partial charge in [0.2, 0.25) is 0 Å². The van der Waals surface area contributed by atoms with E-state index in [4.69, 9.17) is 11.6 Å². The van der Waals surface area contributed by atoms with E-state index in [2.05, 4.69) is 0 Å². The molecule has 0 saturated carbocycles. The van der Waals surface area contributed by atoms with Gasteiger partial charge in [0.15, 0.2) is 0 Å². The molecule has 0 fully saturated rings. The van der Waals surface area contributed by atoms with Crippen molar-refractivity contribution in [3.8, 4) is 0 Å². The fourth-order valence-electron chi connectivity index (χ4n) is 1.54. The zero-order valence-corrected chi connectivity index (χ0v) is 10.4. The molecule has 0 aliphatic carbocycles. The van der Waals surface area contributed by atoms with Crippen LogP contribution in [0.25, 0.3) is 0 Å². The van der Waals surface area contributed by atoms with E-state index in [-0.39, 0.29) is 10.8 Å². The molecular weight excluding hydrogens is 227 g/mol. The highest BCUT2D eigenvalue weighted by Crippen LogP contribution is 2.17. The molecule has 16 heavy (non-hydrogen) atoms. The minimum atomic E-state index is -0.421. The Morgan fingerprint density at radius 1 is 1.44 bits per heavy atom. The second kappa shape index (κ2) is 6.00. The lowest BCUT2D eigenvalue weighted by Crippen LogP contribution is -2.04. The maximum Gasteiger partial charge on any atom is 0.142 e. The Bertz CT molecular complexity index is 374. The van der Waals surface area contributed by atoms with Crippen molar-refractivity contribution in [2.45, 2.75) is 33.1 Å². The summed E-state index contributed by atoms with van der Waals surface area (Å²) >= 11 is 5.57. The Labute approximate surface area is 101 Å². The quantitative estimate of drug-likeness (QED) is 0.762. The summed E-state index contributed by atoms with van der Waals surface area (Å²) in [4.78, 5) is 11.5. The van der Waals surface area contributed by atoms with Crippen LogP contribution in [0.2, 0.25) is 5.02 Å². The Morgan fingerprint density at radius 3 is 2.69 bits per heavy atom. The molecule has 1 nitrogen and oxygen atoms in total. The first-order valence-corrected chi connectivity index (χ1v) is 5.82. The normalized spacial score (nSPS) is 10.8. The second-order valence-corrected chi connectivity index (χ2v) is 4.79. The van der Waals surface area contributed by atoms with Crippen LogP contribution < -0.4 is 0 Å². The summed E-state index contributed by atoms with van der Waals surface area (Å²) in [6, 6.07) is 4.68. The molecule has 0 aromatic heterocycles. The molecule has 1 aromatic carbocycles. The topological polar surface area (TPSA) is 17.1 Å². The molecular formula is C13H16ClFO. The average molecular weight is 243 g/mol. The van der Waals surface area contributed by atoms with Crippen LogP contribution in [0.3, 0.4) is 0 Å². The highest BCUT2D eigenvalue weighted by atomic mass is 35.5. The molecule has 0 aliphatic rings. The van der Waals surface area contributed by atoms with Gasteiger partial charge < -0.3 is 0 Å². The SMILES string of the molecule is CC(C)CC(=O)CCc1ccc(Cl)c(F)c1. The van der Waals surface area contributed by atoms with E-state index in [1.165, 1.54) is 12.1 Å². The summed E-state index contributed by atoms with van der Waals surface area (Å²) < 4.78 is 13.1. The number of hydrogen-bond donors (Lipinski definition) is 0. The Morgan fingerprint density at radius 2 is 2.12 bits per heavy atom. The summed E-state index contributed by atoms with van der Waals surface area (Å²) in [7, 11) is 0. The highest BCUT2D eigenvalue weighted by molar-refractivity contribution is 6.30. The minimum absolute atomic E-state index is 0.122. The number of aryl methyl sites for hydroxylation is 1. The van der Waals surface area contributed by atoms with E-state index in [0.717, 1.165) is 5.56 Å². The highest BCUT2D eigenvalue weighted by Gasteiger charge is 2.06. The standard InChI is InChI=1S/C13H16ClFO/c1-9(2)7-11(16)5-3-10-4-6-12(14)13(15)8-10/h4,6,8-9H,3,5,7H2,1-2H3. The van der Waals surface area contributed by atoms with Gasteiger partial charge in [-0.3, -0.25) is 4.79 Å². The predicted octanol–water partition coefficient (Wildman–Crippen LogP) is 4.03. The number of carbonyl (C=O) groups is 1. The zero-order chi connectivity index (χ0) is 12.1. The van der Waals surface area contributed by atoms with E-state index in [0.29, 0.717) is 25.2 Å². The van der Waals surface area contributed by atoms with Gasteiger partial charge in [-0.1, -0.05) is 31.5 Å². The largest absolute Gasteiger partial charge is 0.300 e.